The summed E-state index contributed by atoms with van der Waals surface area (Å²) in [6.07, 6.45) is 2.53. The fraction of sp³-hybridized carbons (Fsp3) is 0.360. The Morgan fingerprint density at radius 1 is 1.12 bits per heavy atom. The maximum Gasteiger partial charge on any atom is 0.325 e. The summed E-state index contributed by atoms with van der Waals surface area (Å²) in [6, 6.07) is 17.0. The van der Waals surface area contributed by atoms with Gasteiger partial charge in [0.1, 0.15) is 17.5 Å². The van der Waals surface area contributed by atoms with E-state index in [0.29, 0.717) is 36.1 Å². The number of carboxylic acid groups (broad SMARTS) is 1. The van der Waals surface area contributed by atoms with E-state index in [1.807, 2.05) is 23.1 Å². The molecule has 1 fully saturated rings. The van der Waals surface area contributed by atoms with Gasteiger partial charge < -0.3 is 14.6 Å². The summed E-state index contributed by atoms with van der Waals surface area (Å²) in [5, 5.41) is 17.8. The first-order valence-electron chi connectivity index (χ1n) is 10.9. The SMILES string of the molecule is COc1ccc(OC)c(C(C(=O)O)N2CCC(c3cc(Cc4ccccc4)[nH]n3)CC2)c1. The number of rotatable bonds is 8. The predicted molar refractivity (Wildman–Crippen MR) is 121 cm³/mol. The summed E-state index contributed by atoms with van der Waals surface area (Å²) in [7, 11) is 3.13. The molecule has 0 spiro atoms. The summed E-state index contributed by atoms with van der Waals surface area (Å²) >= 11 is 0. The molecule has 2 N–H and O–H groups in total. The van der Waals surface area contributed by atoms with Crippen molar-refractivity contribution in [3.05, 3.63) is 77.1 Å². The third-order valence-electron chi connectivity index (χ3n) is 6.17. The molecule has 7 nitrogen and oxygen atoms in total. The van der Waals surface area contributed by atoms with Crippen molar-refractivity contribution in [1.82, 2.24) is 15.1 Å². The van der Waals surface area contributed by atoms with Crippen LogP contribution in [0.4, 0.5) is 0 Å². The van der Waals surface area contributed by atoms with E-state index in [0.717, 1.165) is 30.7 Å². The van der Waals surface area contributed by atoms with Crippen LogP contribution >= 0.6 is 0 Å². The molecule has 0 aliphatic carbocycles. The van der Waals surface area contributed by atoms with E-state index in [2.05, 4.69) is 28.4 Å². The van der Waals surface area contributed by atoms with Crippen LogP contribution in [0.5, 0.6) is 11.5 Å². The molecule has 0 amide bonds. The van der Waals surface area contributed by atoms with Crippen molar-refractivity contribution in [3.8, 4) is 11.5 Å². The van der Waals surface area contributed by atoms with Gasteiger partial charge in [-0.2, -0.15) is 5.10 Å². The van der Waals surface area contributed by atoms with Gasteiger partial charge >= 0.3 is 5.97 Å². The predicted octanol–water partition coefficient (Wildman–Crippen LogP) is 4.02. The average molecular weight is 436 g/mol. The number of aromatic nitrogens is 2. The number of H-pyrrole nitrogens is 1. The summed E-state index contributed by atoms with van der Waals surface area (Å²) in [5.41, 5.74) is 4.01. The zero-order valence-corrected chi connectivity index (χ0v) is 18.5. The number of piperidine rings is 1. The van der Waals surface area contributed by atoms with Gasteiger partial charge in [-0.05, 0) is 55.8 Å². The molecular weight excluding hydrogens is 406 g/mol. The molecule has 0 saturated carbocycles. The lowest BCUT2D eigenvalue weighted by Crippen LogP contribution is -2.40. The average Bonchev–Trinajstić information content (AvgIpc) is 3.28. The molecular formula is C25H29N3O4. The molecule has 7 heteroatoms. The van der Waals surface area contributed by atoms with E-state index in [1.165, 1.54) is 5.56 Å². The van der Waals surface area contributed by atoms with Crippen molar-refractivity contribution < 1.29 is 19.4 Å². The number of carbonyl (C=O) groups is 1. The van der Waals surface area contributed by atoms with Crippen molar-refractivity contribution in [2.75, 3.05) is 27.3 Å². The Bertz CT molecular complexity index is 1040. The Morgan fingerprint density at radius 2 is 1.88 bits per heavy atom. The molecule has 2 heterocycles. The molecule has 32 heavy (non-hydrogen) atoms. The number of likely N-dealkylation sites (tertiary alicyclic amines) is 1. The van der Waals surface area contributed by atoms with E-state index in [-0.39, 0.29) is 0 Å². The van der Waals surface area contributed by atoms with E-state index in [1.54, 1.807) is 32.4 Å². The number of nitrogens with one attached hydrogen (secondary N) is 1. The minimum Gasteiger partial charge on any atom is -0.497 e. The number of nitrogens with zero attached hydrogens (tertiary/aromatic N) is 2. The fourth-order valence-corrected chi connectivity index (χ4v) is 4.49. The molecule has 1 aromatic heterocycles. The maximum absolute atomic E-state index is 12.2. The second-order valence-corrected chi connectivity index (χ2v) is 8.14. The lowest BCUT2D eigenvalue weighted by Gasteiger charge is -2.35. The zero-order valence-electron chi connectivity index (χ0n) is 18.5. The first-order chi connectivity index (χ1) is 15.6. The topological polar surface area (TPSA) is 87.7 Å². The molecule has 1 aliphatic rings. The highest BCUT2D eigenvalue weighted by Gasteiger charge is 2.34. The van der Waals surface area contributed by atoms with E-state index >= 15 is 0 Å². The van der Waals surface area contributed by atoms with Crippen molar-refractivity contribution >= 4 is 5.97 Å². The standard InChI is InChI=1S/C25H29N3O4/c1-31-20-8-9-23(32-2)21(16-20)24(25(29)30)28-12-10-18(11-13-28)22-15-19(26-27-22)14-17-6-4-3-5-7-17/h3-9,15-16,18,24H,10-14H2,1-2H3,(H,26,27)(H,29,30). The van der Waals surface area contributed by atoms with Crippen LogP contribution in [-0.2, 0) is 11.2 Å². The maximum atomic E-state index is 12.2. The third-order valence-corrected chi connectivity index (χ3v) is 6.17. The highest BCUT2D eigenvalue weighted by molar-refractivity contribution is 5.77. The van der Waals surface area contributed by atoms with Crippen LogP contribution in [0.1, 0.15) is 47.3 Å². The Hall–Kier alpha value is -3.32. The Balaban J connectivity index is 1.45. The number of carboxylic acids is 1. The normalized spacial score (nSPS) is 15.9. The molecule has 0 radical (unpaired) electrons. The number of aromatic amines is 1. The lowest BCUT2D eigenvalue weighted by molar-refractivity contribution is -0.144. The van der Waals surface area contributed by atoms with Crippen LogP contribution in [0.15, 0.2) is 54.6 Å². The van der Waals surface area contributed by atoms with Gasteiger partial charge in [0.25, 0.3) is 0 Å². The number of methoxy groups -OCH3 is 2. The molecule has 3 aromatic rings. The summed E-state index contributed by atoms with van der Waals surface area (Å²) in [6.45, 7) is 1.34. The van der Waals surface area contributed by atoms with Gasteiger partial charge in [-0.25, -0.2) is 0 Å². The molecule has 168 valence electrons. The van der Waals surface area contributed by atoms with Crippen molar-refractivity contribution in [3.63, 3.8) is 0 Å². The third kappa shape index (κ3) is 4.78. The number of benzene rings is 2. The second kappa shape index (κ2) is 9.87. The van der Waals surface area contributed by atoms with E-state index in [4.69, 9.17) is 9.47 Å². The van der Waals surface area contributed by atoms with Crippen LogP contribution in [0.25, 0.3) is 0 Å². The zero-order chi connectivity index (χ0) is 22.5. The van der Waals surface area contributed by atoms with Crippen LogP contribution in [0, 0.1) is 0 Å². The monoisotopic (exact) mass is 435 g/mol. The number of hydrogen-bond donors (Lipinski definition) is 2. The van der Waals surface area contributed by atoms with Gasteiger partial charge in [-0.3, -0.25) is 14.8 Å². The van der Waals surface area contributed by atoms with Crippen molar-refractivity contribution in [2.24, 2.45) is 0 Å². The number of aliphatic carboxylic acids is 1. The highest BCUT2D eigenvalue weighted by atomic mass is 16.5. The molecule has 4 rings (SSSR count). The van der Waals surface area contributed by atoms with Gasteiger partial charge in [0.15, 0.2) is 0 Å². The summed E-state index contributed by atoms with van der Waals surface area (Å²) in [5.74, 6) is 0.594. The second-order valence-electron chi connectivity index (χ2n) is 8.14. The highest BCUT2D eigenvalue weighted by Crippen LogP contribution is 2.37. The minimum absolute atomic E-state index is 0.314. The Morgan fingerprint density at radius 3 is 2.53 bits per heavy atom. The quantitative estimate of drug-likeness (QED) is 0.556. The first kappa shape index (κ1) is 21.9. The van der Waals surface area contributed by atoms with Crippen LogP contribution in [0.2, 0.25) is 0 Å². The van der Waals surface area contributed by atoms with Gasteiger partial charge in [-0.1, -0.05) is 30.3 Å². The lowest BCUT2D eigenvalue weighted by atomic mass is 9.91. The molecule has 0 bridgehead atoms. The molecule has 1 atom stereocenters. The Labute approximate surface area is 188 Å². The van der Waals surface area contributed by atoms with Crippen molar-refractivity contribution in [1.29, 1.82) is 0 Å². The molecule has 1 unspecified atom stereocenters. The molecule has 1 saturated heterocycles. The molecule has 2 aromatic carbocycles. The minimum atomic E-state index is -0.889. The van der Waals surface area contributed by atoms with E-state index < -0.39 is 12.0 Å². The molecule has 1 aliphatic heterocycles. The van der Waals surface area contributed by atoms with Crippen LogP contribution in [-0.4, -0.2) is 53.5 Å². The summed E-state index contributed by atoms with van der Waals surface area (Å²) in [4.78, 5) is 14.2. The number of hydrogen-bond acceptors (Lipinski definition) is 5. The number of ether oxygens (including phenoxy) is 2. The van der Waals surface area contributed by atoms with Gasteiger partial charge in [0.05, 0.1) is 19.9 Å². The van der Waals surface area contributed by atoms with Crippen LogP contribution in [0.3, 0.4) is 0 Å². The summed E-state index contributed by atoms with van der Waals surface area (Å²) < 4.78 is 10.8. The largest absolute Gasteiger partial charge is 0.497 e. The van der Waals surface area contributed by atoms with Crippen LogP contribution < -0.4 is 9.47 Å². The Kier molecular flexibility index (Phi) is 6.75. The van der Waals surface area contributed by atoms with Gasteiger partial charge in [0.2, 0.25) is 0 Å². The van der Waals surface area contributed by atoms with Gasteiger partial charge in [-0.15, -0.1) is 0 Å². The first-order valence-corrected chi connectivity index (χ1v) is 10.9. The van der Waals surface area contributed by atoms with E-state index in [9.17, 15) is 9.90 Å². The van der Waals surface area contributed by atoms with Gasteiger partial charge in [0, 0.05) is 23.6 Å². The fourth-order valence-electron chi connectivity index (χ4n) is 4.49. The smallest absolute Gasteiger partial charge is 0.325 e. The van der Waals surface area contributed by atoms with Crippen molar-refractivity contribution in [2.45, 2.75) is 31.2 Å².